The van der Waals surface area contributed by atoms with E-state index in [0.29, 0.717) is 11.0 Å². The Kier molecular flexibility index (Phi) is 5.91. The van der Waals surface area contributed by atoms with E-state index in [1.54, 1.807) is 12.3 Å². The molecule has 0 aliphatic carbocycles. The van der Waals surface area contributed by atoms with Crippen LogP contribution in [0.4, 0.5) is 0 Å². The van der Waals surface area contributed by atoms with E-state index < -0.39 is 0 Å². The number of pyridine rings is 1. The lowest BCUT2D eigenvalue weighted by Crippen LogP contribution is -2.32. The number of hydrogen-bond donors (Lipinski definition) is 1. The maximum atomic E-state index is 11.7. The zero-order valence-corrected chi connectivity index (χ0v) is 12.7. The first-order valence-corrected chi connectivity index (χ1v) is 6.95. The second kappa shape index (κ2) is 6.96. The molecule has 17 heavy (non-hydrogen) atoms. The fourth-order valence-corrected chi connectivity index (χ4v) is 2.56. The molecule has 0 bridgehead atoms. The number of unbranched alkanes of at least 4 members (excludes halogenated alkanes) is 1. The maximum Gasteiger partial charge on any atom is 0.265 e. The van der Waals surface area contributed by atoms with Gasteiger partial charge >= 0.3 is 0 Å². The van der Waals surface area contributed by atoms with Gasteiger partial charge in [-0.05, 0) is 44.3 Å². The van der Waals surface area contributed by atoms with Gasteiger partial charge in [0.05, 0.1) is 4.47 Å². The van der Waals surface area contributed by atoms with Crippen molar-refractivity contribution in [3.63, 3.8) is 0 Å². The Hall–Kier alpha value is -0.620. The maximum absolute atomic E-state index is 11.7. The van der Waals surface area contributed by atoms with Crippen molar-refractivity contribution in [3.8, 4) is 0 Å². The molecule has 0 atom stereocenters. The molecule has 0 aliphatic heterocycles. The predicted molar refractivity (Wildman–Crippen MR) is 74.0 cm³/mol. The van der Waals surface area contributed by atoms with Gasteiger partial charge in [-0.25, -0.2) is 0 Å². The van der Waals surface area contributed by atoms with E-state index in [-0.39, 0.29) is 18.0 Å². The summed E-state index contributed by atoms with van der Waals surface area (Å²) in [7, 11) is 0. The van der Waals surface area contributed by atoms with E-state index in [1.165, 1.54) is 4.57 Å². The van der Waals surface area contributed by atoms with Crippen LogP contribution < -0.4 is 10.9 Å². The van der Waals surface area contributed by atoms with Crippen LogP contribution in [0.5, 0.6) is 0 Å². The minimum atomic E-state index is -0.209. The molecule has 1 aromatic rings. The molecule has 0 fully saturated rings. The number of halogens is 2. The van der Waals surface area contributed by atoms with Crippen LogP contribution in [0.3, 0.4) is 0 Å². The van der Waals surface area contributed by atoms with Gasteiger partial charge in [0, 0.05) is 17.2 Å². The minimum Gasteiger partial charge on any atom is -0.355 e. The molecule has 0 aromatic carbocycles. The molecule has 0 spiro atoms. The molecular weight excluding hydrogens is 352 g/mol. The number of carbonyl (C=O) groups is 1. The van der Waals surface area contributed by atoms with Crippen molar-refractivity contribution in [2.75, 3.05) is 6.54 Å². The monoisotopic (exact) mass is 364 g/mol. The number of rotatable bonds is 5. The number of nitrogens with one attached hydrogen (secondary N) is 1. The van der Waals surface area contributed by atoms with Crippen molar-refractivity contribution < 1.29 is 4.79 Å². The Bertz CT molecular complexity index is 457. The third-order valence-corrected chi connectivity index (χ3v) is 3.18. The van der Waals surface area contributed by atoms with Crippen LogP contribution in [0.2, 0.25) is 0 Å². The second-order valence-corrected chi connectivity index (χ2v) is 5.41. The summed E-state index contributed by atoms with van der Waals surface area (Å²) in [6.07, 6.45) is 3.58. The highest BCUT2D eigenvalue weighted by atomic mass is 79.9. The van der Waals surface area contributed by atoms with Gasteiger partial charge in [-0.3, -0.25) is 9.59 Å². The fourth-order valence-electron chi connectivity index (χ4n) is 1.30. The van der Waals surface area contributed by atoms with Crippen LogP contribution in [0.1, 0.15) is 19.8 Å². The molecule has 0 aliphatic rings. The van der Waals surface area contributed by atoms with Gasteiger partial charge in [-0.2, -0.15) is 0 Å². The summed E-state index contributed by atoms with van der Waals surface area (Å²) in [6.45, 7) is 2.75. The normalized spacial score (nSPS) is 10.3. The first-order valence-electron chi connectivity index (χ1n) is 5.36. The van der Waals surface area contributed by atoms with Gasteiger partial charge < -0.3 is 9.88 Å². The third-order valence-electron chi connectivity index (χ3n) is 2.18. The van der Waals surface area contributed by atoms with Crippen LogP contribution in [0, 0.1) is 0 Å². The van der Waals surface area contributed by atoms with Gasteiger partial charge in [-0.15, -0.1) is 0 Å². The Morgan fingerprint density at radius 3 is 2.82 bits per heavy atom. The molecule has 1 rings (SSSR count). The zero-order valence-electron chi connectivity index (χ0n) is 9.50. The second-order valence-electron chi connectivity index (χ2n) is 3.64. The van der Waals surface area contributed by atoms with Gasteiger partial charge in [-0.1, -0.05) is 13.3 Å². The molecule has 0 saturated carbocycles. The summed E-state index contributed by atoms with van der Waals surface area (Å²) in [5.74, 6) is -0.148. The number of hydrogen-bond acceptors (Lipinski definition) is 2. The molecule has 1 N–H and O–H groups in total. The van der Waals surface area contributed by atoms with Gasteiger partial charge in [0.25, 0.3) is 5.56 Å². The molecule has 0 unspecified atom stereocenters. The molecule has 0 saturated heterocycles. The molecular formula is C11H14Br2N2O2. The van der Waals surface area contributed by atoms with Crippen LogP contribution in [-0.4, -0.2) is 17.0 Å². The van der Waals surface area contributed by atoms with Crippen LogP contribution >= 0.6 is 31.9 Å². The highest BCUT2D eigenvalue weighted by Gasteiger charge is 2.07. The lowest BCUT2D eigenvalue weighted by molar-refractivity contribution is -0.121. The Morgan fingerprint density at radius 2 is 2.18 bits per heavy atom. The van der Waals surface area contributed by atoms with Gasteiger partial charge in [0.2, 0.25) is 5.91 Å². The van der Waals surface area contributed by atoms with Crippen LogP contribution in [-0.2, 0) is 11.3 Å². The summed E-state index contributed by atoms with van der Waals surface area (Å²) in [5, 5.41) is 2.77. The van der Waals surface area contributed by atoms with E-state index in [2.05, 4.69) is 44.1 Å². The summed E-state index contributed by atoms with van der Waals surface area (Å²) in [4.78, 5) is 23.3. The average molecular weight is 366 g/mol. The molecule has 4 nitrogen and oxygen atoms in total. The fraction of sp³-hybridized carbons (Fsp3) is 0.455. The van der Waals surface area contributed by atoms with Gasteiger partial charge in [0.15, 0.2) is 0 Å². The van der Waals surface area contributed by atoms with Crippen molar-refractivity contribution in [2.45, 2.75) is 26.3 Å². The highest BCUT2D eigenvalue weighted by Crippen LogP contribution is 2.12. The molecule has 1 heterocycles. The number of nitrogens with zero attached hydrogens (tertiary/aromatic N) is 1. The molecule has 1 amide bonds. The summed E-state index contributed by atoms with van der Waals surface area (Å²) >= 11 is 6.44. The topological polar surface area (TPSA) is 51.1 Å². The SMILES string of the molecule is CCCCNC(=O)Cn1cc(Br)cc(Br)c1=O. The molecule has 0 radical (unpaired) electrons. The van der Waals surface area contributed by atoms with Crippen molar-refractivity contribution >= 4 is 37.8 Å². The third kappa shape index (κ3) is 4.63. The Morgan fingerprint density at radius 1 is 1.47 bits per heavy atom. The van der Waals surface area contributed by atoms with Crippen molar-refractivity contribution in [1.29, 1.82) is 0 Å². The number of carbonyl (C=O) groups excluding carboxylic acids is 1. The summed E-state index contributed by atoms with van der Waals surface area (Å²) in [5.41, 5.74) is -0.209. The summed E-state index contributed by atoms with van der Waals surface area (Å²) in [6, 6.07) is 1.66. The van der Waals surface area contributed by atoms with Crippen molar-refractivity contribution in [2.24, 2.45) is 0 Å². The van der Waals surface area contributed by atoms with Gasteiger partial charge in [0.1, 0.15) is 6.54 Å². The molecule has 1 aromatic heterocycles. The van der Waals surface area contributed by atoms with Crippen molar-refractivity contribution in [1.82, 2.24) is 9.88 Å². The standard InChI is InChI=1S/C11H14Br2N2O2/c1-2-3-4-14-10(16)7-15-6-8(12)5-9(13)11(15)17/h5-6H,2-4,7H2,1H3,(H,14,16). The van der Waals surface area contributed by atoms with E-state index in [4.69, 9.17) is 0 Å². The molecule has 94 valence electrons. The van der Waals surface area contributed by atoms with E-state index in [9.17, 15) is 9.59 Å². The largest absolute Gasteiger partial charge is 0.355 e. The van der Waals surface area contributed by atoms with Crippen LogP contribution in [0.15, 0.2) is 26.0 Å². The molecule has 6 heteroatoms. The minimum absolute atomic E-state index is 0.0422. The van der Waals surface area contributed by atoms with E-state index in [1.807, 2.05) is 0 Å². The first kappa shape index (κ1) is 14.4. The van der Waals surface area contributed by atoms with E-state index in [0.717, 1.165) is 17.3 Å². The van der Waals surface area contributed by atoms with Crippen LogP contribution in [0.25, 0.3) is 0 Å². The average Bonchev–Trinajstić information content (AvgIpc) is 2.25. The lowest BCUT2D eigenvalue weighted by Gasteiger charge is -2.07. The highest BCUT2D eigenvalue weighted by molar-refractivity contribution is 9.11. The quantitative estimate of drug-likeness (QED) is 0.814. The predicted octanol–water partition coefficient (Wildman–Crippen LogP) is 2.29. The Labute approximate surface area is 117 Å². The number of amides is 1. The summed E-state index contributed by atoms with van der Waals surface area (Å²) < 4.78 is 2.56. The first-order chi connectivity index (χ1) is 8.04. The van der Waals surface area contributed by atoms with Crippen molar-refractivity contribution in [3.05, 3.63) is 31.6 Å². The number of aromatic nitrogens is 1. The smallest absolute Gasteiger partial charge is 0.265 e. The Balaban J connectivity index is 2.68. The van der Waals surface area contributed by atoms with E-state index >= 15 is 0 Å². The lowest BCUT2D eigenvalue weighted by atomic mass is 10.3. The zero-order chi connectivity index (χ0) is 12.8.